The third kappa shape index (κ3) is 8.05. The highest BCUT2D eigenvalue weighted by Crippen LogP contribution is 2.27. The number of aryl methyl sites for hydroxylation is 1. The number of nitriles is 1. The summed E-state index contributed by atoms with van der Waals surface area (Å²) in [6.45, 7) is 2.98. The van der Waals surface area contributed by atoms with Crippen LogP contribution in [0.15, 0.2) is 63.9 Å². The molecule has 0 radical (unpaired) electrons. The SMILES string of the molecule is CCCC/C([O-])=N/S(=O)(=O)c1ccc(NC(=O)COc2ccc(Cl)cc2C(=O)c2cc(Cl)cc(C#N)c2)c(C)c1. The number of ether oxygens (including phenoxy) is 1. The topological polar surface area (TPSA) is 149 Å². The van der Waals surface area contributed by atoms with Crippen LogP contribution >= 0.6 is 23.2 Å². The fourth-order valence-corrected chi connectivity index (χ4v) is 5.01. The molecule has 9 nitrogen and oxygen atoms in total. The Labute approximate surface area is 242 Å². The molecule has 3 aromatic rings. The third-order valence-electron chi connectivity index (χ3n) is 5.57. The first-order chi connectivity index (χ1) is 18.9. The van der Waals surface area contributed by atoms with Crippen LogP contribution in [0.4, 0.5) is 5.69 Å². The Morgan fingerprint density at radius 2 is 1.82 bits per heavy atom. The lowest BCUT2D eigenvalue weighted by Crippen LogP contribution is -2.21. The van der Waals surface area contributed by atoms with Gasteiger partial charge in [0.05, 0.1) is 22.1 Å². The molecule has 0 bridgehead atoms. The van der Waals surface area contributed by atoms with Gasteiger partial charge < -0.3 is 15.2 Å². The van der Waals surface area contributed by atoms with Crippen LogP contribution in [0.1, 0.15) is 53.2 Å². The summed E-state index contributed by atoms with van der Waals surface area (Å²) >= 11 is 12.1. The zero-order valence-corrected chi connectivity index (χ0v) is 23.9. The summed E-state index contributed by atoms with van der Waals surface area (Å²) < 4.78 is 33.9. The lowest BCUT2D eigenvalue weighted by Gasteiger charge is -2.14. The number of amides is 1. The predicted octanol–water partition coefficient (Wildman–Crippen LogP) is 5.06. The van der Waals surface area contributed by atoms with Gasteiger partial charge >= 0.3 is 0 Å². The Morgan fingerprint density at radius 1 is 1.07 bits per heavy atom. The van der Waals surface area contributed by atoms with E-state index in [1.54, 1.807) is 6.92 Å². The first-order valence-electron chi connectivity index (χ1n) is 12.0. The highest BCUT2D eigenvalue weighted by Gasteiger charge is 2.19. The Hall–Kier alpha value is -3.91. The van der Waals surface area contributed by atoms with Crippen molar-refractivity contribution in [3.05, 3.63) is 86.9 Å². The molecule has 0 saturated carbocycles. The lowest BCUT2D eigenvalue weighted by molar-refractivity contribution is -0.218. The standard InChI is InChI=1S/C28H25Cl2N3O6S/c1-3-4-5-26(34)33-40(37,38)22-7-8-24(17(2)10-22)32-27(35)16-39-25-9-6-20(29)14-23(25)28(36)19-11-18(15-31)12-21(30)13-19/h6-14H,3-5,16H2,1-2H3,(H,32,35)(H,33,34)/p-1. The molecule has 1 N–H and O–H groups in total. The average molecular weight is 601 g/mol. The van der Waals surface area contributed by atoms with Gasteiger partial charge in [0, 0.05) is 21.3 Å². The first-order valence-corrected chi connectivity index (χ1v) is 14.2. The maximum atomic E-state index is 13.2. The number of halogens is 2. The van der Waals surface area contributed by atoms with Crippen molar-refractivity contribution in [2.45, 2.75) is 38.0 Å². The number of sulfonamides is 1. The molecule has 0 aliphatic heterocycles. The molecule has 0 atom stereocenters. The van der Waals surface area contributed by atoms with Gasteiger partial charge in [0.15, 0.2) is 12.4 Å². The number of anilines is 1. The van der Waals surface area contributed by atoms with E-state index in [1.165, 1.54) is 54.6 Å². The fraction of sp³-hybridized carbons (Fsp3) is 0.214. The first kappa shape index (κ1) is 30.6. The van der Waals surface area contributed by atoms with Crippen molar-refractivity contribution in [1.82, 2.24) is 0 Å². The summed E-state index contributed by atoms with van der Waals surface area (Å²) in [5, 5.41) is 24.1. The zero-order chi connectivity index (χ0) is 29.4. The van der Waals surface area contributed by atoms with Crippen molar-refractivity contribution < 1.29 is 27.9 Å². The summed E-state index contributed by atoms with van der Waals surface area (Å²) in [6, 6.07) is 14.4. The molecular formula is C28H24Cl2N3O6S-. The smallest absolute Gasteiger partial charge is 0.281 e. The van der Waals surface area contributed by atoms with E-state index in [9.17, 15) is 28.4 Å². The van der Waals surface area contributed by atoms with E-state index in [0.29, 0.717) is 17.7 Å². The van der Waals surface area contributed by atoms with Crippen molar-refractivity contribution in [3.8, 4) is 11.8 Å². The maximum Gasteiger partial charge on any atom is 0.281 e. The van der Waals surface area contributed by atoms with Gasteiger partial charge in [0.25, 0.3) is 15.9 Å². The van der Waals surface area contributed by atoms with Crippen LogP contribution in [0.25, 0.3) is 0 Å². The molecule has 0 spiro atoms. The second-order valence-electron chi connectivity index (χ2n) is 8.69. The van der Waals surface area contributed by atoms with Crippen LogP contribution in [0.3, 0.4) is 0 Å². The Morgan fingerprint density at radius 3 is 2.50 bits per heavy atom. The van der Waals surface area contributed by atoms with Crippen LogP contribution in [-0.2, 0) is 14.8 Å². The van der Waals surface area contributed by atoms with E-state index in [1.807, 2.05) is 13.0 Å². The van der Waals surface area contributed by atoms with Crippen LogP contribution in [0, 0.1) is 18.3 Å². The number of carbonyl (C=O) groups is 2. The molecule has 208 valence electrons. The quantitative estimate of drug-likeness (QED) is 0.183. The number of unbranched alkanes of at least 4 members (excludes halogenated alkanes) is 1. The Kier molecular flexibility index (Phi) is 10.3. The molecule has 0 aliphatic carbocycles. The van der Waals surface area contributed by atoms with Gasteiger partial charge in [-0.3, -0.25) is 9.59 Å². The third-order valence-corrected chi connectivity index (χ3v) is 7.32. The molecule has 3 aromatic carbocycles. The molecule has 12 heteroatoms. The van der Waals surface area contributed by atoms with E-state index in [2.05, 4.69) is 9.71 Å². The van der Waals surface area contributed by atoms with Crippen molar-refractivity contribution in [2.75, 3.05) is 11.9 Å². The summed E-state index contributed by atoms with van der Waals surface area (Å²) in [5.74, 6) is -1.73. The molecule has 0 aliphatic rings. The minimum absolute atomic E-state index is 0.0454. The summed E-state index contributed by atoms with van der Waals surface area (Å²) in [6.07, 6.45) is 1.32. The minimum atomic E-state index is -4.18. The minimum Gasteiger partial charge on any atom is -0.861 e. The maximum absolute atomic E-state index is 13.2. The van der Waals surface area contributed by atoms with Gasteiger partial charge in [-0.15, -0.1) is 0 Å². The van der Waals surface area contributed by atoms with Gasteiger partial charge in [-0.05, 0) is 85.8 Å². The molecule has 0 fully saturated rings. The van der Waals surface area contributed by atoms with Gasteiger partial charge in [0.1, 0.15) is 5.75 Å². The number of carbonyl (C=O) groups excluding carboxylic acids is 2. The van der Waals surface area contributed by atoms with Crippen molar-refractivity contribution >= 4 is 56.5 Å². The number of nitrogens with zero attached hydrogens (tertiary/aromatic N) is 2. The van der Waals surface area contributed by atoms with E-state index < -0.39 is 34.2 Å². The van der Waals surface area contributed by atoms with Crippen molar-refractivity contribution in [1.29, 1.82) is 5.26 Å². The highest BCUT2D eigenvalue weighted by molar-refractivity contribution is 7.90. The van der Waals surface area contributed by atoms with Crippen LogP contribution in [-0.4, -0.2) is 32.6 Å². The van der Waals surface area contributed by atoms with E-state index in [0.717, 1.165) is 6.42 Å². The second kappa shape index (κ2) is 13.4. The molecular weight excluding hydrogens is 577 g/mol. The number of hydrogen-bond donors (Lipinski definition) is 1. The normalized spacial score (nSPS) is 11.5. The Bertz CT molecular complexity index is 1630. The van der Waals surface area contributed by atoms with Crippen LogP contribution < -0.4 is 15.2 Å². The molecule has 1 amide bonds. The van der Waals surface area contributed by atoms with Gasteiger partial charge in [-0.1, -0.05) is 36.5 Å². The van der Waals surface area contributed by atoms with Crippen LogP contribution in [0.2, 0.25) is 10.0 Å². The molecule has 0 saturated heterocycles. The monoisotopic (exact) mass is 600 g/mol. The van der Waals surface area contributed by atoms with E-state index in [4.69, 9.17) is 27.9 Å². The number of ketones is 1. The van der Waals surface area contributed by atoms with Gasteiger partial charge in [0.2, 0.25) is 0 Å². The van der Waals surface area contributed by atoms with Crippen molar-refractivity contribution in [3.63, 3.8) is 0 Å². The van der Waals surface area contributed by atoms with Crippen LogP contribution in [0.5, 0.6) is 5.75 Å². The molecule has 3 rings (SSSR count). The molecule has 0 unspecified atom stereocenters. The number of benzene rings is 3. The van der Waals surface area contributed by atoms with Gasteiger partial charge in [-0.25, -0.2) is 0 Å². The molecule has 40 heavy (non-hydrogen) atoms. The zero-order valence-electron chi connectivity index (χ0n) is 21.5. The molecule has 0 aromatic heterocycles. The average Bonchev–Trinajstić information content (AvgIpc) is 2.91. The largest absolute Gasteiger partial charge is 0.861 e. The fourth-order valence-electron chi connectivity index (χ4n) is 3.57. The lowest BCUT2D eigenvalue weighted by atomic mass is 10.0. The number of hydrogen-bond acceptors (Lipinski definition) is 7. The Balaban J connectivity index is 1.74. The highest BCUT2D eigenvalue weighted by atomic mass is 35.5. The summed E-state index contributed by atoms with van der Waals surface area (Å²) in [5.41, 5.74) is 1.15. The predicted molar refractivity (Wildman–Crippen MR) is 151 cm³/mol. The van der Waals surface area contributed by atoms with Crippen molar-refractivity contribution in [2.24, 2.45) is 4.40 Å². The summed E-state index contributed by atoms with van der Waals surface area (Å²) in [4.78, 5) is 25.6. The van der Waals surface area contributed by atoms with E-state index >= 15 is 0 Å². The second-order valence-corrected chi connectivity index (χ2v) is 11.2. The van der Waals surface area contributed by atoms with E-state index in [-0.39, 0.29) is 43.8 Å². The van der Waals surface area contributed by atoms with Gasteiger partial charge in [-0.2, -0.15) is 18.1 Å². The number of rotatable bonds is 11. The number of nitrogens with one attached hydrogen (secondary N) is 1. The summed E-state index contributed by atoms with van der Waals surface area (Å²) in [7, 11) is -4.18. The molecule has 0 heterocycles.